The van der Waals surface area contributed by atoms with Crippen molar-refractivity contribution in [3.05, 3.63) is 41.5 Å². The molecule has 2 N–H and O–H groups in total. The first-order valence-electron chi connectivity index (χ1n) is 7.74. The van der Waals surface area contributed by atoms with E-state index in [1.165, 1.54) is 5.57 Å². The Labute approximate surface area is 132 Å². The lowest BCUT2D eigenvalue weighted by Crippen LogP contribution is -2.50. The minimum atomic E-state index is -0.532. The smallest absolute Gasteiger partial charge is 0.251 e. The number of allylic oxidation sites excluding steroid dienone is 1. The summed E-state index contributed by atoms with van der Waals surface area (Å²) in [7, 11) is 0. The zero-order valence-corrected chi connectivity index (χ0v) is 13.6. The number of nitrogens with one attached hydrogen (secondary N) is 1. The molecule has 4 nitrogen and oxygen atoms in total. The first kappa shape index (κ1) is 16.6. The normalized spacial score (nSPS) is 16.5. The second-order valence-electron chi connectivity index (χ2n) is 6.42. The van der Waals surface area contributed by atoms with Crippen molar-refractivity contribution in [3.63, 3.8) is 0 Å². The van der Waals surface area contributed by atoms with Gasteiger partial charge in [-0.05, 0) is 63.8 Å². The largest absolute Gasteiger partial charge is 0.490 e. The van der Waals surface area contributed by atoms with Crippen molar-refractivity contribution in [1.29, 1.82) is 0 Å². The number of aliphatic hydroxyl groups is 1. The second kappa shape index (κ2) is 6.97. The molecule has 1 amide bonds. The average Bonchev–Trinajstić information content (AvgIpc) is 3.32. The fourth-order valence-electron chi connectivity index (χ4n) is 2.35. The zero-order chi connectivity index (χ0) is 16.2. The standard InChI is InChI=1S/C18H25NO3/c1-13(2)9-10-22-16-6-4-5-14(11-16)17(21)19-18(3,12-20)15-7-8-15/h4-6,9,11,15,20H,7-8,10,12H2,1-3H3,(H,19,21). The Morgan fingerprint density at radius 1 is 1.45 bits per heavy atom. The highest BCUT2D eigenvalue weighted by atomic mass is 16.5. The van der Waals surface area contributed by atoms with Gasteiger partial charge in [-0.25, -0.2) is 0 Å². The van der Waals surface area contributed by atoms with Crippen molar-refractivity contribution in [2.45, 2.75) is 39.2 Å². The van der Waals surface area contributed by atoms with Gasteiger partial charge < -0.3 is 15.2 Å². The molecule has 0 aliphatic heterocycles. The Kier molecular flexibility index (Phi) is 5.24. The van der Waals surface area contributed by atoms with E-state index < -0.39 is 5.54 Å². The average molecular weight is 303 g/mol. The summed E-state index contributed by atoms with van der Waals surface area (Å²) in [4.78, 5) is 12.4. The van der Waals surface area contributed by atoms with Gasteiger partial charge in [0.05, 0.1) is 12.1 Å². The molecule has 0 saturated heterocycles. The summed E-state index contributed by atoms with van der Waals surface area (Å²) < 4.78 is 5.62. The first-order chi connectivity index (χ1) is 10.4. The third-order valence-corrected chi connectivity index (χ3v) is 4.04. The van der Waals surface area contributed by atoms with E-state index in [4.69, 9.17) is 4.74 Å². The van der Waals surface area contributed by atoms with Gasteiger partial charge in [0.15, 0.2) is 0 Å². The van der Waals surface area contributed by atoms with Gasteiger partial charge in [-0.3, -0.25) is 4.79 Å². The zero-order valence-electron chi connectivity index (χ0n) is 13.6. The molecule has 1 aromatic rings. The van der Waals surface area contributed by atoms with Crippen LogP contribution in [-0.2, 0) is 0 Å². The lowest BCUT2D eigenvalue weighted by Gasteiger charge is -2.28. The monoisotopic (exact) mass is 303 g/mol. The fourth-order valence-corrected chi connectivity index (χ4v) is 2.35. The molecule has 1 aromatic carbocycles. The molecule has 2 rings (SSSR count). The van der Waals surface area contributed by atoms with E-state index >= 15 is 0 Å². The predicted molar refractivity (Wildman–Crippen MR) is 87.0 cm³/mol. The molecule has 120 valence electrons. The van der Waals surface area contributed by atoms with Gasteiger partial charge in [-0.15, -0.1) is 0 Å². The lowest BCUT2D eigenvalue weighted by atomic mass is 9.96. The Bertz CT molecular complexity index is 559. The number of aliphatic hydroxyl groups excluding tert-OH is 1. The van der Waals surface area contributed by atoms with Crippen LogP contribution in [0.1, 0.15) is 44.0 Å². The Morgan fingerprint density at radius 2 is 2.18 bits per heavy atom. The van der Waals surface area contributed by atoms with Crippen molar-refractivity contribution in [1.82, 2.24) is 5.32 Å². The number of benzene rings is 1. The predicted octanol–water partition coefficient (Wildman–Crippen LogP) is 2.92. The number of carbonyl (C=O) groups excluding carboxylic acids is 1. The van der Waals surface area contributed by atoms with Crippen LogP contribution in [0, 0.1) is 5.92 Å². The molecule has 1 fully saturated rings. The van der Waals surface area contributed by atoms with Gasteiger partial charge in [-0.1, -0.05) is 11.6 Å². The van der Waals surface area contributed by atoms with Crippen molar-refractivity contribution in [3.8, 4) is 5.75 Å². The third kappa shape index (κ3) is 4.34. The summed E-state index contributed by atoms with van der Waals surface area (Å²) in [5, 5.41) is 12.5. The summed E-state index contributed by atoms with van der Waals surface area (Å²) in [5.41, 5.74) is 1.21. The van der Waals surface area contributed by atoms with E-state index in [1.54, 1.807) is 18.2 Å². The Balaban J connectivity index is 2.02. The van der Waals surface area contributed by atoms with Crippen LogP contribution in [0.2, 0.25) is 0 Å². The molecule has 1 aliphatic rings. The Hall–Kier alpha value is -1.81. The van der Waals surface area contributed by atoms with Crippen LogP contribution in [0.3, 0.4) is 0 Å². The highest BCUT2D eigenvalue weighted by molar-refractivity contribution is 5.95. The summed E-state index contributed by atoms with van der Waals surface area (Å²) in [6.07, 6.45) is 4.11. The van der Waals surface area contributed by atoms with E-state index in [0.717, 1.165) is 12.8 Å². The van der Waals surface area contributed by atoms with Crippen molar-refractivity contribution in [2.24, 2.45) is 5.92 Å². The van der Waals surface area contributed by atoms with Gasteiger partial charge in [0.1, 0.15) is 12.4 Å². The second-order valence-corrected chi connectivity index (χ2v) is 6.42. The van der Waals surface area contributed by atoms with E-state index in [9.17, 15) is 9.90 Å². The minimum absolute atomic E-state index is 0.0415. The number of amides is 1. The van der Waals surface area contributed by atoms with E-state index in [-0.39, 0.29) is 12.5 Å². The summed E-state index contributed by atoms with van der Waals surface area (Å²) >= 11 is 0. The molecular formula is C18H25NO3. The van der Waals surface area contributed by atoms with Crippen LogP contribution in [-0.4, -0.2) is 29.8 Å². The summed E-state index contributed by atoms with van der Waals surface area (Å²) in [6, 6.07) is 7.13. The quantitative estimate of drug-likeness (QED) is 0.761. The molecule has 1 aliphatic carbocycles. The first-order valence-corrected chi connectivity index (χ1v) is 7.74. The number of carbonyl (C=O) groups is 1. The number of ether oxygens (including phenoxy) is 1. The van der Waals surface area contributed by atoms with Crippen LogP contribution in [0.4, 0.5) is 0 Å². The SMILES string of the molecule is CC(C)=CCOc1cccc(C(=O)NC(C)(CO)C2CC2)c1. The minimum Gasteiger partial charge on any atom is -0.490 e. The maximum atomic E-state index is 12.4. The molecule has 0 bridgehead atoms. The van der Waals surface area contributed by atoms with Crippen LogP contribution in [0.25, 0.3) is 0 Å². The van der Waals surface area contributed by atoms with Crippen molar-refractivity contribution in [2.75, 3.05) is 13.2 Å². The maximum Gasteiger partial charge on any atom is 0.251 e. The highest BCUT2D eigenvalue weighted by Crippen LogP contribution is 2.39. The topological polar surface area (TPSA) is 58.6 Å². The molecule has 1 unspecified atom stereocenters. The molecule has 4 heteroatoms. The van der Waals surface area contributed by atoms with Crippen LogP contribution >= 0.6 is 0 Å². The molecular weight excluding hydrogens is 278 g/mol. The summed E-state index contributed by atoms with van der Waals surface area (Å²) in [6.45, 7) is 6.38. The molecule has 0 heterocycles. The number of rotatable bonds is 7. The molecule has 0 radical (unpaired) electrons. The molecule has 22 heavy (non-hydrogen) atoms. The fraction of sp³-hybridized carbons (Fsp3) is 0.500. The van der Waals surface area contributed by atoms with Crippen molar-refractivity contribution < 1.29 is 14.6 Å². The molecule has 1 saturated carbocycles. The highest BCUT2D eigenvalue weighted by Gasteiger charge is 2.42. The van der Waals surface area contributed by atoms with Gasteiger partial charge in [-0.2, -0.15) is 0 Å². The molecule has 0 aromatic heterocycles. The van der Waals surface area contributed by atoms with Gasteiger partial charge in [0, 0.05) is 5.56 Å². The van der Waals surface area contributed by atoms with Gasteiger partial charge >= 0.3 is 0 Å². The van der Waals surface area contributed by atoms with Crippen LogP contribution < -0.4 is 10.1 Å². The van der Waals surface area contributed by atoms with E-state index in [0.29, 0.717) is 23.8 Å². The van der Waals surface area contributed by atoms with E-state index in [2.05, 4.69) is 5.32 Å². The van der Waals surface area contributed by atoms with Crippen LogP contribution in [0.5, 0.6) is 5.75 Å². The third-order valence-electron chi connectivity index (χ3n) is 4.04. The van der Waals surface area contributed by atoms with Crippen molar-refractivity contribution >= 4 is 5.91 Å². The van der Waals surface area contributed by atoms with E-state index in [1.807, 2.05) is 32.9 Å². The lowest BCUT2D eigenvalue weighted by molar-refractivity contribution is 0.0824. The Morgan fingerprint density at radius 3 is 2.77 bits per heavy atom. The number of hydrogen-bond acceptors (Lipinski definition) is 3. The van der Waals surface area contributed by atoms with Crippen LogP contribution in [0.15, 0.2) is 35.9 Å². The summed E-state index contributed by atoms with van der Waals surface area (Å²) in [5.74, 6) is 0.872. The number of hydrogen-bond donors (Lipinski definition) is 2. The van der Waals surface area contributed by atoms with Gasteiger partial charge in [0.25, 0.3) is 5.91 Å². The van der Waals surface area contributed by atoms with Gasteiger partial charge in [0.2, 0.25) is 0 Å². The maximum absolute atomic E-state index is 12.4. The molecule has 1 atom stereocenters. The molecule has 0 spiro atoms.